The van der Waals surface area contributed by atoms with Crippen molar-refractivity contribution in [1.82, 2.24) is 0 Å². The summed E-state index contributed by atoms with van der Waals surface area (Å²) in [7, 11) is 0. The molecule has 1 unspecified atom stereocenters. The van der Waals surface area contributed by atoms with Gasteiger partial charge in [-0.3, -0.25) is 0 Å². The van der Waals surface area contributed by atoms with Gasteiger partial charge in [-0.15, -0.1) is 0 Å². The van der Waals surface area contributed by atoms with E-state index in [0.29, 0.717) is 6.61 Å². The Morgan fingerprint density at radius 2 is 2.54 bits per heavy atom. The third-order valence-corrected chi connectivity index (χ3v) is 1.88. The first-order valence-electron chi connectivity index (χ1n) is 4.71. The largest absolute Gasteiger partial charge is 0.361 e. The lowest BCUT2D eigenvalue weighted by Crippen LogP contribution is -2.12. The topological polar surface area (TPSA) is 9.23 Å². The van der Waals surface area contributed by atoms with Crippen LogP contribution in [-0.4, -0.2) is 12.7 Å². The van der Waals surface area contributed by atoms with Crippen LogP contribution in [0, 0.1) is 11.8 Å². The van der Waals surface area contributed by atoms with Gasteiger partial charge in [0, 0.05) is 0 Å². The summed E-state index contributed by atoms with van der Waals surface area (Å²) in [5.41, 5.74) is 0.891. The number of hydrogen-bond donors (Lipinski definition) is 0. The number of hydrogen-bond acceptors (Lipinski definition) is 1. The second-order valence-corrected chi connectivity index (χ2v) is 3.29. The third-order valence-electron chi connectivity index (χ3n) is 1.88. The van der Waals surface area contributed by atoms with Crippen LogP contribution in [0.1, 0.15) is 26.2 Å². The monoisotopic (exact) mass is 176 g/mol. The molecule has 1 heteroatoms. The van der Waals surface area contributed by atoms with Crippen LogP contribution < -0.4 is 0 Å². The minimum absolute atomic E-state index is 0.285. The molecule has 0 amide bonds. The molecule has 0 aromatic heterocycles. The van der Waals surface area contributed by atoms with Gasteiger partial charge in [-0.2, -0.15) is 0 Å². The minimum atomic E-state index is 0.285. The van der Waals surface area contributed by atoms with Gasteiger partial charge in [-0.25, -0.2) is 0 Å². The molecule has 0 radical (unpaired) electrons. The Hall–Kier alpha value is -1.00. The van der Waals surface area contributed by atoms with Gasteiger partial charge in [-0.05, 0) is 31.8 Å². The fourth-order valence-corrected chi connectivity index (χ4v) is 1.26. The van der Waals surface area contributed by atoms with Crippen molar-refractivity contribution in [2.75, 3.05) is 6.61 Å². The van der Waals surface area contributed by atoms with Gasteiger partial charge in [0.15, 0.2) is 0 Å². The fraction of sp³-hybridized carbons (Fsp3) is 0.500. The van der Waals surface area contributed by atoms with Crippen molar-refractivity contribution in [3.63, 3.8) is 0 Å². The maximum Gasteiger partial charge on any atom is 0.108 e. The Bertz CT molecular complexity index is 252. The van der Waals surface area contributed by atoms with E-state index >= 15 is 0 Å². The van der Waals surface area contributed by atoms with E-state index in [9.17, 15) is 0 Å². The summed E-state index contributed by atoms with van der Waals surface area (Å²) in [5, 5.41) is 0. The van der Waals surface area contributed by atoms with Crippen LogP contribution in [0.5, 0.6) is 0 Å². The third kappa shape index (κ3) is 4.55. The van der Waals surface area contributed by atoms with E-state index in [0.717, 1.165) is 12.0 Å². The van der Waals surface area contributed by atoms with Gasteiger partial charge in [0.05, 0.1) is 6.10 Å². The average molecular weight is 176 g/mol. The van der Waals surface area contributed by atoms with E-state index in [1.807, 2.05) is 6.92 Å². The molecule has 0 fully saturated rings. The molecule has 1 aliphatic rings. The number of allylic oxidation sites excluding steroid dienone is 2. The second-order valence-electron chi connectivity index (χ2n) is 3.29. The van der Waals surface area contributed by atoms with Gasteiger partial charge in [0.1, 0.15) is 6.61 Å². The van der Waals surface area contributed by atoms with Crippen LogP contribution in [0.2, 0.25) is 0 Å². The molecular formula is C12H16O. The molecule has 0 saturated carbocycles. The first-order valence-corrected chi connectivity index (χ1v) is 4.71. The number of ether oxygens (including phenoxy) is 1. The van der Waals surface area contributed by atoms with Gasteiger partial charge < -0.3 is 4.74 Å². The molecule has 0 bridgehead atoms. The van der Waals surface area contributed by atoms with Crippen LogP contribution in [0.25, 0.3) is 0 Å². The predicted molar refractivity (Wildman–Crippen MR) is 55.3 cm³/mol. The Kier molecular flexibility index (Phi) is 4.35. The van der Waals surface area contributed by atoms with E-state index in [2.05, 4.69) is 30.6 Å². The highest BCUT2D eigenvalue weighted by Crippen LogP contribution is 2.12. The molecule has 1 atom stereocenters. The van der Waals surface area contributed by atoms with Crippen molar-refractivity contribution in [3.05, 3.63) is 24.3 Å². The Morgan fingerprint density at radius 3 is 3.15 bits per heavy atom. The van der Waals surface area contributed by atoms with Crippen LogP contribution >= 0.6 is 0 Å². The summed E-state index contributed by atoms with van der Waals surface area (Å²) in [6.07, 6.45) is 8.15. The molecule has 1 nitrogen and oxygen atoms in total. The summed E-state index contributed by atoms with van der Waals surface area (Å²) in [4.78, 5) is 0. The van der Waals surface area contributed by atoms with Crippen LogP contribution in [-0.2, 0) is 4.74 Å². The minimum Gasteiger partial charge on any atom is -0.361 e. The summed E-state index contributed by atoms with van der Waals surface area (Å²) in [6, 6.07) is 0. The highest BCUT2D eigenvalue weighted by Gasteiger charge is 2.06. The van der Waals surface area contributed by atoms with Gasteiger partial charge in [0.2, 0.25) is 0 Å². The summed E-state index contributed by atoms with van der Waals surface area (Å²) in [6.45, 7) is 6.11. The number of rotatable bonds is 2. The molecule has 0 N–H and O–H groups in total. The van der Waals surface area contributed by atoms with Crippen molar-refractivity contribution in [2.24, 2.45) is 0 Å². The SMILES string of the molecule is C=C(C)C#CCOC1C=CCCC1. The summed E-state index contributed by atoms with van der Waals surface area (Å²) in [5.74, 6) is 5.82. The average Bonchev–Trinajstić information content (AvgIpc) is 2.14. The molecule has 0 spiro atoms. The van der Waals surface area contributed by atoms with Gasteiger partial charge >= 0.3 is 0 Å². The quantitative estimate of drug-likeness (QED) is 0.464. The maximum atomic E-state index is 5.53. The lowest BCUT2D eigenvalue weighted by molar-refractivity contribution is 0.102. The molecule has 1 aliphatic carbocycles. The zero-order valence-electron chi connectivity index (χ0n) is 8.18. The van der Waals surface area contributed by atoms with E-state index < -0.39 is 0 Å². The highest BCUT2D eigenvalue weighted by atomic mass is 16.5. The van der Waals surface area contributed by atoms with Crippen LogP contribution in [0.3, 0.4) is 0 Å². The lowest BCUT2D eigenvalue weighted by atomic mass is 10.1. The zero-order valence-corrected chi connectivity index (χ0v) is 8.18. The van der Waals surface area contributed by atoms with Crippen molar-refractivity contribution < 1.29 is 4.74 Å². The van der Waals surface area contributed by atoms with E-state index in [4.69, 9.17) is 4.74 Å². The van der Waals surface area contributed by atoms with E-state index in [1.54, 1.807) is 0 Å². The molecule has 70 valence electrons. The van der Waals surface area contributed by atoms with Gasteiger partial charge in [0.25, 0.3) is 0 Å². The maximum absolute atomic E-state index is 5.53. The molecule has 0 saturated heterocycles. The van der Waals surface area contributed by atoms with Crippen molar-refractivity contribution in [2.45, 2.75) is 32.3 Å². The molecule has 0 heterocycles. The standard InChI is InChI=1S/C12H16O/c1-11(2)7-6-10-13-12-8-4-3-5-9-12/h4,8,12H,1,3,5,9-10H2,2H3. The molecule has 0 aromatic carbocycles. The highest BCUT2D eigenvalue weighted by molar-refractivity contribution is 5.23. The molecule has 0 aromatic rings. The van der Waals surface area contributed by atoms with E-state index in [-0.39, 0.29) is 6.10 Å². The van der Waals surface area contributed by atoms with E-state index in [1.165, 1.54) is 12.8 Å². The van der Waals surface area contributed by atoms with Crippen LogP contribution in [0.4, 0.5) is 0 Å². The smallest absolute Gasteiger partial charge is 0.108 e. The molecule has 1 rings (SSSR count). The Labute approximate surface area is 80.5 Å². The van der Waals surface area contributed by atoms with Gasteiger partial charge in [-0.1, -0.05) is 30.6 Å². The molecular weight excluding hydrogens is 160 g/mol. The Balaban J connectivity index is 2.19. The first kappa shape index (κ1) is 10.1. The Morgan fingerprint density at radius 1 is 1.69 bits per heavy atom. The van der Waals surface area contributed by atoms with Crippen molar-refractivity contribution >= 4 is 0 Å². The normalized spacial score (nSPS) is 20.5. The fourth-order valence-electron chi connectivity index (χ4n) is 1.26. The summed E-state index contributed by atoms with van der Waals surface area (Å²) >= 11 is 0. The van der Waals surface area contributed by atoms with Crippen molar-refractivity contribution in [1.29, 1.82) is 0 Å². The zero-order chi connectivity index (χ0) is 9.52. The molecule has 0 aliphatic heterocycles. The second kappa shape index (κ2) is 5.61. The first-order chi connectivity index (χ1) is 6.29. The van der Waals surface area contributed by atoms with Crippen LogP contribution in [0.15, 0.2) is 24.3 Å². The molecule has 13 heavy (non-hydrogen) atoms. The predicted octanol–water partition coefficient (Wildman–Crippen LogP) is 2.69. The van der Waals surface area contributed by atoms with Crippen molar-refractivity contribution in [3.8, 4) is 11.8 Å². The lowest BCUT2D eigenvalue weighted by Gasteiger charge is -2.14. The summed E-state index contributed by atoms with van der Waals surface area (Å²) < 4.78 is 5.53.